The third-order valence-corrected chi connectivity index (χ3v) is 3.52. The summed E-state index contributed by atoms with van der Waals surface area (Å²) in [7, 11) is 2.05. The Balaban J connectivity index is 2.13. The van der Waals surface area contributed by atoms with Crippen LogP contribution in [0.1, 0.15) is 50.3 Å². The minimum atomic E-state index is 0.337. The minimum Gasteiger partial charge on any atom is -0.490 e. The van der Waals surface area contributed by atoms with Crippen LogP contribution in [-0.4, -0.2) is 13.2 Å². The lowest BCUT2D eigenvalue weighted by atomic mass is 9.98. The highest BCUT2D eigenvalue weighted by molar-refractivity contribution is 5.41. The first-order valence-corrected chi connectivity index (χ1v) is 6.71. The van der Waals surface area contributed by atoms with Gasteiger partial charge in [-0.15, -0.1) is 0 Å². The van der Waals surface area contributed by atoms with E-state index < -0.39 is 0 Å². The zero-order valence-corrected chi connectivity index (χ0v) is 11.1. The number of benzene rings is 1. The Hall–Kier alpha value is -1.02. The van der Waals surface area contributed by atoms with E-state index in [-0.39, 0.29) is 0 Å². The maximum atomic E-state index is 5.74. The summed E-state index contributed by atoms with van der Waals surface area (Å²) >= 11 is 0. The number of nitrogens with one attached hydrogen (secondary N) is 1. The summed E-state index contributed by atoms with van der Waals surface area (Å²) in [6.45, 7) is 4.37. The van der Waals surface area contributed by atoms with E-state index in [2.05, 4.69) is 37.4 Å². The summed E-state index contributed by atoms with van der Waals surface area (Å²) in [4.78, 5) is 0. The zero-order valence-electron chi connectivity index (χ0n) is 11.1. The molecule has 2 atom stereocenters. The monoisotopic (exact) mass is 233 g/mol. The molecule has 0 saturated heterocycles. The molecular formula is C15H23NO. The maximum Gasteiger partial charge on any atom is 0.123 e. The van der Waals surface area contributed by atoms with Crippen molar-refractivity contribution in [2.45, 2.75) is 51.7 Å². The molecule has 0 fully saturated rings. The average molecular weight is 233 g/mol. The van der Waals surface area contributed by atoms with Crippen molar-refractivity contribution in [2.75, 3.05) is 7.05 Å². The van der Waals surface area contributed by atoms with E-state index >= 15 is 0 Å². The second kappa shape index (κ2) is 5.54. The van der Waals surface area contributed by atoms with Crippen molar-refractivity contribution in [3.8, 4) is 5.75 Å². The smallest absolute Gasteiger partial charge is 0.123 e. The van der Waals surface area contributed by atoms with E-state index in [1.807, 2.05) is 7.05 Å². The van der Waals surface area contributed by atoms with E-state index in [1.54, 1.807) is 0 Å². The molecule has 0 amide bonds. The van der Waals surface area contributed by atoms with E-state index in [1.165, 1.54) is 30.4 Å². The van der Waals surface area contributed by atoms with Crippen molar-refractivity contribution in [2.24, 2.45) is 0 Å². The van der Waals surface area contributed by atoms with Crippen molar-refractivity contribution in [1.82, 2.24) is 5.32 Å². The van der Waals surface area contributed by atoms with Crippen LogP contribution in [-0.2, 0) is 6.42 Å². The molecule has 2 rings (SSSR count). The minimum absolute atomic E-state index is 0.337. The summed E-state index contributed by atoms with van der Waals surface area (Å²) < 4.78 is 5.74. The van der Waals surface area contributed by atoms with E-state index in [0.29, 0.717) is 12.1 Å². The Kier molecular flexibility index (Phi) is 4.06. The molecule has 1 N–H and O–H groups in total. The first kappa shape index (κ1) is 12.4. The molecule has 1 heterocycles. The molecule has 1 aliphatic heterocycles. The number of fused-ring (bicyclic) bond motifs is 1. The molecule has 17 heavy (non-hydrogen) atoms. The van der Waals surface area contributed by atoms with E-state index in [9.17, 15) is 0 Å². The Morgan fingerprint density at radius 2 is 2.29 bits per heavy atom. The fraction of sp³-hybridized carbons (Fsp3) is 0.600. The predicted octanol–water partition coefficient (Wildman–Crippen LogP) is 3.46. The van der Waals surface area contributed by atoms with Crippen LogP contribution in [0.2, 0.25) is 0 Å². The van der Waals surface area contributed by atoms with Gasteiger partial charge in [-0.05, 0) is 37.6 Å². The molecule has 2 heteroatoms. The molecule has 0 radical (unpaired) electrons. The van der Waals surface area contributed by atoms with Crippen LogP contribution in [0.3, 0.4) is 0 Å². The average Bonchev–Trinajstić information content (AvgIpc) is 2.69. The van der Waals surface area contributed by atoms with E-state index in [0.717, 1.165) is 12.2 Å². The lowest BCUT2D eigenvalue weighted by Gasteiger charge is -2.17. The van der Waals surface area contributed by atoms with Crippen LogP contribution in [0, 0.1) is 0 Å². The quantitative estimate of drug-likeness (QED) is 0.841. The standard InChI is InChI=1S/C15H23NO/c1-4-5-6-14(16-3)12-7-8-15-13(10-12)9-11(2)17-15/h7-8,10-11,14,16H,4-6,9H2,1-3H3. The number of unbranched alkanes of at least 4 members (excludes halogenated alkanes) is 1. The molecule has 2 unspecified atom stereocenters. The second-order valence-electron chi connectivity index (χ2n) is 4.98. The summed E-state index contributed by atoms with van der Waals surface area (Å²) in [6.07, 6.45) is 5.12. The Bertz CT molecular complexity index is 375. The topological polar surface area (TPSA) is 21.3 Å². The molecule has 0 aliphatic carbocycles. The van der Waals surface area contributed by atoms with Gasteiger partial charge in [0.1, 0.15) is 11.9 Å². The Labute approximate surface area is 104 Å². The molecule has 1 aromatic rings. The lowest BCUT2D eigenvalue weighted by Crippen LogP contribution is -2.16. The zero-order chi connectivity index (χ0) is 12.3. The summed E-state index contributed by atoms with van der Waals surface area (Å²) in [6, 6.07) is 7.13. The molecule has 0 aromatic heterocycles. The molecule has 0 saturated carbocycles. The normalized spacial score (nSPS) is 19.8. The highest BCUT2D eigenvalue weighted by Crippen LogP contribution is 2.32. The van der Waals surface area contributed by atoms with Crippen LogP contribution in [0.15, 0.2) is 18.2 Å². The molecule has 0 bridgehead atoms. The van der Waals surface area contributed by atoms with Gasteiger partial charge in [0.25, 0.3) is 0 Å². The molecule has 94 valence electrons. The molecule has 1 aliphatic rings. The van der Waals surface area contributed by atoms with Crippen molar-refractivity contribution >= 4 is 0 Å². The van der Waals surface area contributed by atoms with Crippen LogP contribution < -0.4 is 10.1 Å². The highest BCUT2D eigenvalue weighted by atomic mass is 16.5. The van der Waals surface area contributed by atoms with Gasteiger partial charge < -0.3 is 10.1 Å². The number of hydrogen-bond donors (Lipinski definition) is 1. The largest absolute Gasteiger partial charge is 0.490 e. The van der Waals surface area contributed by atoms with Gasteiger partial charge >= 0.3 is 0 Å². The van der Waals surface area contributed by atoms with Crippen molar-refractivity contribution in [1.29, 1.82) is 0 Å². The summed E-state index contributed by atoms with van der Waals surface area (Å²) in [5, 5.41) is 3.41. The van der Waals surface area contributed by atoms with Crippen molar-refractivity contribution < 1.29 is 4.74 Å². The Morgan fingerprint density at radius 1 is 1.47 bits per heavy atom. The fourth-order valence-electron chi connectivity index (χ4n) is 2.54. The maximum absolute atomic E-state index is 5.74. The van der Waals surface area contributed by atoms with Crippen LogP contribution >= 0.6 is 0 Å². The first-order chi connectivity index (χ1) is 8.24. The van der Waals surface area contributed by atoms with Crippen molar-refractivity contribution in [3.05, 3.63) is 29.3 Å². The van der Waals surface area contributed by atoms with Gasteiger partial charge in [0.2, 0.25) is 0 Å². The van der Waals surface area contributed by atoms with Crippen LogP contribution in [0.4, 0.5) is 0 Å². The SMILES string of the molecule is CCCCC(NC)c1ccc2c(c1)CC(C)O2. The molecule has 2 nitrogen and oxygen atoms in total. The van der Waals surface area contributed by atoms with Gasteiger partial charge in [-0.2, -0.15) is 0 Å². The first-order valence-electron chi connectivity index (χ1n) is 6.71. The van der Waals surface area contributed by atoms with Gasteiger partial charge in [0.05, 0.1) is 0 Å². The van der Waals surface area contributed by atoms with Gasteiger partial charge in [0.15, 0.2) is 0 Å². The third-order valence-electron chi connectivity index (χ3n) is 3.52. The number of rotatable bonds is 5. The van der Waals surface area contributed by atoms with Crippen LogP contribution in [0.5, 0.6) is 5.75 Å². The van der Waals surface area contributed by atoms with Gasteiger partial charge in [-0.25, -0.2) is 0 Å². The fourth-order valence-corrected chi connectivity index (χ4v) is 2.54. The highest BCUT2D eigenvalue weighted by Gasteiger charge is 2.20. The Morgan fingerprint density at radius 3 is 3.00 bits per heavy atom. The van der Waals surface area contributed by atoms with Gasteiger partial charge in [-0.3, -0.25) is 0 Å². The lowest BCUT2D eigenvalue weighted by molar-refractivity contribution is 0.254. The van der Waals surface area contributed by atoms with E-state index in [4.69, 9.17) is 4.74 Å². The number of hydrogen-bond acceptors (Lipinski definition) is 2. The summed E-state index contributed by atoms with van der Waals surface area (Å²) in [5.41, 5.74) is 2.77. The third kappa shape index (κ3) is 2.81. The molecule has 1 aromatic carbocycles. The molecule has 0 spiro atoms. The molecular weight excluding hydrogens is 210 g/mol. The summed E-state index contributed by atoms with van der Waals surface area (Å²) in [5.74, 6) is 1.08. The van der Waals surface area contributed by atoms with Crippen LogP contribution in [0.25, 0.3) is 0 Å². The second-order valence-corrected chi connectivity index (χ2v) is 4.98. The van der Waals surface area contributed by atoms with Gasteiger partial charge in [0, 0.05) is 12.5 Å². The van der Waals surface area contributed by atoms with Gasteiger partial charge in [-0.1, -0.05) is 31.9 Å². The predicted molar refractivity (Wildman–Crippen MR) is 71.6 cm³/mol. The van der Waals surface area contributed by atoms with Crippen molar-refractivity contribution in [3.63, 3.8) is 0 Å². The number of ether oxygens (including phenoxy) is 1.